The second-order valence-corrected chi connectivity index (χ2v) is 6.70. The molecule has 4 rings (SSSR count). The first kappa shape index (κ1) is 14.5. The molecule has 3 aromatic rings. The van der Waals surface area contributed by atoms with Crippen molar-refractivity contribution in [3.8, 4) is 11.5 Å². The Bertz CT molecular complexity index is 754. The van der Waals surface area contributed by atoms with Crippen LogP contribution in [-0.4, -0.2) is 42.6 Å². The van der Waals surface area contributed by atoms with Crippen molar-refractivity contribution in [2.45, 2.75) is 31.8 Å². The van der Waals surface area contributed by atoms with E-state index in [-0.39, 0.29) is 6.04 Å². The van der Waals surface area contributed by atoms with Crippen LogP contribution < -0.4 is 5.32 Å². The lowest BCUT2D eigenvalue weighted by atomic mass is 10.1. The van der Waals surface area contributed by atoms with E-state index in [2.05, 4.69) is 37.1 Å². The Morgan fingerprint density at radius 2 is 2.13 bits per heavy atom. The van der Waals surface area contributed by atoms with Crippen molar-refractivity contribution in [3.63, 3.8) is 0 Å². The van der Waals surface area contributed by atoms with Crippen LogP contribution in [0.5, 0.6) is 0 Å². The van der Waals surface area contributed by atoms with E-state index in [1.807, 2.05) is 34.8 Å². The zero-order chi connectivity index (χ0) is 15.6. The van der Waals surface area contributed by atoms with Crippen LogP contribution in [0.4, 0.5) is 0 Å². The first-order valence-corrected chi connectivity index (χ1v) is 8.76. The smallest absolute Gasteiger partial charge is 0.162 e. The lowest BCUT2D eigenvalue weighted by Gasteiger charge is -2.22. The standard InChI is InChI=1S/C15H19N7S/c1-11(15-18-7-9-23-15)21-8-6-17-14(21)13-10-22(20-19-13)12-2-4-16-5-3-12/h6-12,16H,2-5H2,1H3/t11-/m0/s1. The fraction of sp³-hybridized carbons (Fsp3) is 0.467. The molecule has 0 aromatic carbocycles. The topological polar surface area (TPSA) is 73.5 Å². The number of imidazole rings is 1. The lowest BCUT2D eigenvalue weighted by Crippen LogP contribution is -2.29. The molecule has 23 heavy (non-hydrogen) atoms. The molecule has 1 aliphatic heterocycles. The summed E-state index contributed by atoms with van der Waals surface area (Å²) in [6, 6.07) is 0.564. The molecule has 7 nitrogen and oxygen atoms in total. The predicted molar refractivity (Wildman–Crippen MR) is 88.3 cm³/mol. The molecule has 3 aromatic heterocycles. The molecule has 1 fully saturated rings. The Kier molecular flexibility index (Phi) is 3.92. The first-order valence-electron chi connectivity index (χ1n) is 7.88. The highest BCUT2D eigenvalue weighted by Gasteiger charge is 2.20. The summed E-state index contributed by atoms with van der Waals surface area (Å²) in [4.78, 5) is 8.89. The van der Waals surface area contributed by atoms with Crippen LogP contribution in [0.2, 0.25) is 0 Å². The van der Waals surface area contributed by atoms with Crippen LogP contribution in [-0.2, 0) is 0 Å². The molecule has 0 unspecified atom stereocenters. The van der Waals surface area contributed by atoms with Gasteiger partial charge in [0.2, 0.25) is 0 Å². The number of hydrogen-bond acceptors (Lipinski definition) is 6. The van der Waals surface area contributed by atoms with Crippen molar-refractivity contribution in [1.82, 2.24) is 34.8 Å². The average molecular weight is 329 g/mol. The third-order valence-corrected chi connectivity index (χ3v) is 5.26. The molecule has 1 aliphatic rings. The van der Waals surface area contributed by atoms with E-state index in [0.29, 0.717) is 6.04 Å². The molecule has 4 heterocycles. The summed E-state index contributed by atoms with van der Waals surface area (Å²) in [6.07, 6.45) is 9.82. The molecule has 1 N–H and O–H groups in total. The van der Waals surface area contributed by atoms with Gasteiger partial charge in [0.1, 0.15) is 10.7 Å². The highest BCUT2D eigenvalue weighted by molar-refractivity contribution is 7.09. The van der Waals surface area contributed by atoms with E-state index in [1.54, 1.807) is 11.3 Å². The maximum atomic E-state index is 4.49. The van der Waals surface area contributed by atoms with Gasteiger partial charge >= 0.3 is 0 Å². The Morgan fingerprint density at radius 1 is 1.26 bits per heavy atom. The van der Waals surface area contributed by atoms with Crippen LogP contribution in [0.25, 0.3) is 11.5 Å². The minimum Gasteiger partial charge on any atom is -0.320 e. The van der Waals surface area contributed by atoms with E-state index in [1.165, 1.54) is 0 Å². The van der Waals surface area contributed by atoms with Gasteiger partial charge in [0.05, 0.1) is 18.3 Å². The second-order valence-electron chi connectivity index (χ2n) is 5.77. The van der Waals surface area contributed by atoms with Gasteiger partial charge in [-0.2, -0.15) is 0 Å². The van der Waals surface area contributed by atoms with Crippen molar-refractivity contribution in [1.29, 1.82) is 0 Å². The van der Waals surface area contributed by atoms with Crippen molar-refractivity contribution in [2.75, 3.05) is 13.1 Å². The number of hydrogen-bond donors (Lipinski definition) is 1. The molecule has 0 radical (unpaired) electrons. The minimum absolute atomic E-state index is 0.136. The Hall–Kier alpha value is -2.06. The highest BCUT2D eigenvalue weighted by atomic mass is 32.1. The summed E-state index contributed by atoms with van der Waals surface area (Å²) in [5, 5.41) is 15.1. The van der Waals surface area contributed by atoms with E-state index < -0.39 is 0 Å². The van der Waals surface area contributed by atoms with Gasteiger partial charge in [-0.05, 0) is 32.9 Å². The zero-order valence-corrected chi connectivity index (χ0v) is 13.8. The van der Waals surface area contributed by atoms with Crippen molar-refractivity contribution in [2.24, 2.45) is 0 Å². The zero-order valence-electron chi connectivity index (χ0n) is 13.0. The molecule has 0 aliphatic carbocycles. The van der Waals surface area contributed by atoms with Gasteiger partial charge in [-0.15, -0.1) is 16.4 Å². The van der Waals surface area contributed by atoms with Crippen LogP contribution in [0, 0.1) is 0 Å². The fourth-order valence-electron chi connectivity index (χ4n) is 3.01. The molecule has 1 atom stereocenters. The lowest BCUT2D eigenvalue weighted by molar-refractivity contribution is 0.337. The monoisotopic (exact) mass is 329 g/mol. The van der Waals surface area contributed by atoms with Gasteiger partial charge in [0.25, 0.3) is 0 Å². The van der Waals surface area contributed by atoms with Crippen LogP contribution in [0.15, 0.2) is 30.2 Å². The fourth-order valence-corrected chi connectivity index (χ4v) is 3.71. The number of nitrogens with zero attached hydrogens (tertiary/aromatic N) is 6. The van der Waals surface area contributed by atoms with E-state index in [9.17, 15) is 0 Å². The SMILES string of the molecule is C[C@@H](c1nccs1)n1ccnc1-c1cn(C2CCNCC2)nn1. The molecule has 120 valence electrons. The molecule has 0 bridgehead atoms. The second kappa shape index (κ2) is 6.21. The van der Waals surface area contributed by atoms with Crippen LogP contribution in [0.1, 0.15) is 36.9 Å². The number of aromatic nitrogens is 6. The van der Waals surface area contributed by atoms with Gasteiger partial charge < -0.3 is 9.88 Å². The molecule has 0 saturated carbocycles. The van der Waals surface area contributed by atoms with Gasteiger partial charge in [0, 0.05) is 24.0 Å². The van der Waals surface area contributed by atoms with E-state index in [0.717, 1.165) is 42.5 Å². The number of nitrogens with one attached hydrogen (secondary N) is 1. The van der Waals surface area contributed by atoms with Gasteiger partial charge in [-0.1, -0.05) is 5.21 Å². The number of piperidine rings is 1. The van der Waals surface area contributed by atoms with E-state index >= 15 is 0 Å². The van der Waals surface area contributed by atoms with Crippen LogP contribution >= 0.6 is 11.3 Å². The summed E-state index contributed by atoms with van der Waals surface area (Å²) < 4.78 is 4.10. The Balaban J connectivity index is 1.62. The normalized spacial score (nSPS) is 17.4. The van der Waals surface area contributed by atoms with Crippen LogP contribution in [0.3, 0.4) is 0 Å². The maximum Gasteiger partial charge on any atom is 0.162 e. The summed E-state index contributed by atoms with van der Waals surface area (Å²) in [5.74, 6) is 0.841. The summed E-state index contributed by atoms with van der Waals surface area (Å²) >= 11 is 1.65. The largest absolute Gasteiger partial charge is 0.320 e. The Labute approximate surface area is 138 Å². The molecule has 8 heteroatoms. The molecule has 0 amide bonds. The molecule has 0 spiro atoms. The maximum absolute atomic E-state index is 4.49. The predicted octanol–water partition coefficient (Wildman–Crippen LogP) is 2.13. The first-order chi connectivity index (χ1) is 11.3. The van der Waals surface area contributed by atoms with Gasteiger partial charge in [-0.3, -0.25) is 0 Å². The quantitative estimate of drug-likeness (QED) is 0.794. The van der Waals surface area contributed by atoms with Crippen molar-refractivity contribution < 1.29 is 0 Å². The minimum atomic E-state index is 0.136. The third-order valence-electron chi connectivity index (χ3n) is 4.32. The third kappa shape index (κ3) is 2.79. The summed E-state index contributed by atoms with van der Waals surface area (Å²) in [7, 11) is 0. The summed E-state index contributed by atoms with van der Waals surface area (Å²) in [5.41, 5.74) is 0.817. The number of rotatable bonds is 4. The summed E-state index contributed by atoms with van der Waals surface area (Å²) in [6.45, 7) is 4.20. The van der Waals surface area contributed by atoms with E-state index in [4.69, 9.17) is 0 Å². The van der Waals surface area contributed by atoms with Crippen molar-refractivity contribution >= 4 is 11.3 Å². The van der Waals surface area contributed by atoms with Crippen molar-refractivity contribution in [3.05, 3.63) is 35.2 Å². The van der Waals surface area contributed by atoms with Gasteiger partial charge in [0.15, 0.2) is 5.82 Å². The molecular weight excluding hydrogens is 310 g/mol. The molecular formula is C15H19N7S. The Morgan fingerprint density at radius 3 is 2.91 bits per heavy atom. The molecule has 1 saturated heterocycles. The van der Waals surface area contributed by atoms with Gasteiger partial charge in [-0.25, -0.2) is 14.6 Å². The average Bonchev–Trinajstić information content (AvgIpc) is 3.35. The number of thiazole rings is 1. The highest BCUT2D eigenvalue weighted by Crippen LogP contribution is 2.26.